The number of aromatic nitrogens is 6. The maximum atomic E-state index is 16.7. The molecule has 3 aliphatic heterocycles. The summed E-state index contributed by atoms with van der Waals surface area (Å²) in [6.45, 7) is -4.07. The quantitative estimate of drug-likeness (QED) is 0.0530. The van der Waals surface area contributed by atoms with Gasteiger partial charge in [-0.3, -0.25) is 37.0 Å². The minimum absolute atomic E-state index is 0.0129. The van der Waals surface area contributed by atoms with E-state index in [1.54, 1.807) is 12.1 Å². The Hall–Kier alpha value is -4.09. The second-order valence-electron chi connectivity index (χ2n) is 14.9. The number of hydrogen-bond acceptors (Lipinski definition) is 18. The van der Waals surface area contributed by atoms with E-state index in [4.69, 9.17) is 42.8 Å². The van der Waals surface area contributed by atoms with Crippen LogP contribution in [0.5, 0.6) is 5.75 Å². The van der Waals surface area contributed by atoms with Crippen molar-refractivity contribution in [2.75, 3.05) is 25.6 Å². The van der Waals surface area contributed by atoms with Gasteiger partial charge in [-0.25, -0.2) is 42.5 Å². The highest BCUT2D eigenvalue weighted by molar-refractivity contribution is 8.54. The zero-order valence-corrected chi connectivity index (χ0v) is 36.5. The van der Waals surface area contributed by atoms with Crippen molar-refractivity contribution in [2.45, 2.75) is 113 Å². The molecule has 2 bridgehead atoms. The van der Waals surface area contributed by atoms with Gasteiger partial charge in [0.05, 0.1) is 26.1 Å². The molecule has 0 radical (unpaired) electrons. The molecule has 4 N–H and O–H groups in total. The summed E-state index contributed by atoms with van der Waals surface area (Å²) in [5, 5.41) is 0. The second kappa shape index (κ2) is 20.8. The summed E-state index contributed by atoms with van der Waals surface area (Å²) in [5.74, 6) is 0.0415. The smallest absolute Gasteiger partial charge is 0.434 e. The van der Waals surface area contributed by atoms with E-state index in [0.29, 0.717) is 23.4 Å². The van der Waals surface area contributed by atoms with E-state index in [0.717, 1.165) is 42.4 Å². The Morgan fingerprint density at radius 2 is 1.62 bits per heavy atom. The molecule has 6 heterocycles. The van der Waals surface area contributed by atoms with Gasteiger partial charge in [0.1, 0.15) is 42.0 Å². The first-order valence-electron chi connectivity index (χ1n) is 20.2. The fourth-order valence-corrected chi connectivity index (χ4v) is 11.4. The molecule has 10 atom stereocenters. The zero-order valence-electron chi connectivity index (χ0n) is 33.8. The van der Waals surface area contributed by atoms with Crippen LogP contribution in [-0.2, 0) is 47.2 Å². The molecular formula is C37H47F2N7O14P2S. The van der Waals surface area contributed by atoms with Crippen molar-refractivity contribution in [2.24, 2.45) is 0 Å². The Balaban J connectivity index is 1.08. The fraction of sp³-hybridized carbons (Fsp3) is 0.568. The molecule has 3 saturated heterocycles. The summed E-state index contributed by atoms with van der Waals surface area (Å²) in [6.07, 6.45) is -3.99. The van der Waals surface area contributed by atoms with Gasteiger partial charge >= 0.3 is 26.5 Å². The number of fused-ring (bicyclic) bond motifs is 4. The number of phosphoric ester groups is 1. The van der Waals surface area contributed by atoms with Gasteiger partial charge in [0.15, 0.2) is 36.3 Å². The molecule has 3 fully saturated rings. The molecule has 0 spiro atoms. The Morgan fingerprint density at radius 1 is 0.905 bits per heavy atom. The normalized spacial score (nSPS) is 30.0. The third-order valence-electron chi connectivity index (χ3n) is 10.4. The number of benzene rings is 1. The third-order valence-corrected chi connectivity index (χ3v) is 15.0. The first-order valence-corrected chi connectivity index (χ1v) is 24.9. The van der Waals surface area contributed by atoms with Gasteiger partial charge in [-0.05, 0) is 35.5 Å². The van der Waals surface area contributed by atoms with E-state index in [2.05, 4.69) is 21.9 Å². The standard InChI is InChI=1S/C37H47F2N7O14P2S/c1-2-3-4-5-6-7-8-9-16-53-37(49)56-23-12-10-22(11-13-23)19-63-62(52)55-17-24-27(38)31(35(57-24)45-15-14-26(47)44-36(45)48)59-61(50,51)54-18-25-30(60-62)28(39)34(58-25)46-21-43-29-32(40)41-20-42-33(29)46/h10-15,20-21,24-25,27-28,30-31,34-35H,2-9,16-19H2,1H3,(H,50,51)(H2,40,41,42)(H,44,47,48)/t24-,25-,27-,28-,30-,31-,34-,35-,62?/m1/s1. The van der Waals surface area contributed by atoms with Crippen LogP contribution in [0.4, 0.5) is 19.4 Å². The van der Waals surface area contributed by atoms with Crippen molar-refractivity contribution in [3.63, 3.8) is 0 Å². The van der Waals surface area contributed by atoms with Gasteiger partial charge < -0.3 is 29.6 Å². The number of nitrogens with two attached hydrogens (primary N) is 1. The number of halogens is 2. The van der Waals surface area contributed by atoms with E-state index in [1.165, 1.54) is 48.7 Å². The molecule has 2 unspecified atom stereocenters. The van der Waals surface area contributed by atoms with Crippen molar-refractivity contribution in [3.05, 3.63) is 75.6 Å². The van der Waals surface area contributed by atoms with Gasteiger partial charge in [-0.2, -0.15) is 0 Å². The van der Waals surface area contributed by atoms with Crippen molar-refractivity contribution < 1.29 is 64.6 Å². The topological polar surface area (TPSA) is 270 Å². The Labute approximate surface area is 362 Å². The lowest BCUT2D eigenvalue weighted by Gasteiger charge is -2.27. The number of phosphoric acid groups is 1. The highest BCUT2D eigenvalue weighted by Crippen LogP contribution is 2.65. The molecule has 0 saturated carbocycles. The summed E-state index contributed by atoms with van der Waals surface area (Å²) in [6, 6.07) is 7.01. The predicted molar refractivity (Wildman–Crippen MR) is 220 cm³/mol. The molecule has 0 aliphatic carbocycles. The van der Waals surface area contributed by atoms with Crippen LogP contribution in [0.15, 0.2) is 58.8 Å². The molecule has 63 heavy (non-hydrogen) atoms. The van der Waals surface area contributed by atoms with Crippen LogP contribution in [0.2, 0.25) is 0 Å². The summed E-state index contributed by atoms with van der Waals surface area (Å²) >= 11 is 0.585. The number of nitrogens with zero attached hydrogens (tertiary/aromatic N) is 5. The Kier molecular flexibility index (Phi) is 15.5. The molecule has 21 nitrogen and oxygen atoms in total. The molecule has 3 aromatic heterocycles. The first-order chi connectivity index (χ1) is 30.2. The monoisotopic (exact) mass is 945 g/mol. The van der Waals surface area contributed by atoms with Crippen LogP contribution >= 0.6 is 26.0 Å². The zero-order chi connectivity index (χ0) is 44.7. The third kappa shape index (κ3) is 11.6. The number of rotatable bonds is 15. The van der Waals surface area contributed by atoms with E-state index >= 15 is 8.78 Å². The number of unbranched alkanes of at least 4 members (excludes halogenated alkanes) is 7. The maximum Gasteiger partial charge on any atom is 0.513 e. The number of carbonyl (C=O) groups excluding carboxylic acids is 1. The minimum atomic E-state index is -5.30. The van der Waals surface area contributed by atoms with Crippen LogP contribution in [0, 0.1) is 0 Å². The number of aromatic amines is 1. The average molecular weight is 946 g/mol. The molecule has 344 valence electrons. The number of nitrogens with one attached hydrogen (secondary N) is 1. The van der Waals surface area contributed by atoms with E-state index in [1.807, 2.05) is 4.98 Å². The minimum Gasteiger partial charge on any atom is -0.434 e. The first kappa shape index (κ1) is 46.9. The van der Waals surface area contributed by atoms with Crippen LogP contribution < -0.4 is 21.7 Å². The Morgan fingerprint density at radius 3 is 2.37 bits per heavy atom. The highest BCUT2D eigenvalue weighted by atomic mass is 32.7. The highest BCUT2D eigenvalue weighted by Gasteiger charge is 2.55. The molecule has 0 amide bonds. The predicted octanol–water partition coefficient (Wildman–Crippen LogP) is 6.04. The summed E-state index contributed by atoms with van der Waals surface area (Å²) in [5.41, 5.74) is 4.75. The molecule has 4 aromatic rings. The lowest BCUT2D eigenvalue weighted by atomic mass is 10.1. The SMILES string of the molecule is CCCCCCCCCCOC(=O)Oc1ccc(CSP2(=O)OC[C@H]3O[C@@H](n4ccc(=O)[nH]c4=O)[C@H](OP(=O)(O)OC[C@H]4O[C@@H](n5cnc6c(N)ncnc65)[C@H](F)[C@@H]4O2)[C@@H]3F)cc1. The average Bonchev–Trinajstić information content (AvgIpc) is 3.91. The molecule has 1 aromatic carbocycles. The van der Waals surface area contributed by atoms with E-state index in [9.17, 15) is 28.4 Å². The van der Waals surface area contributed by atoms with E-state index < -0.39 is 94.5 Å². The second-order valence-corrected chi connectivity index (χ2v) is 20.3. The lowest BCUT2D eigenvalue weighted by molar-refractivity contribution is -0.0652. The van der Waals surface area contributed by atoms with Crippen LogP contribution in [0.25, 0.3) is 11.2 Å². The van der Waals surface area contributed by atoms with E-state index in [-0.39, 0.29) is 35.1 Å². The number of H-pyrrole nitrogens is 1. The van der Waals surface area contributed by atoms with Gasteiger partial charge in [-0.1, -0.05) is 64.0 Å². The van der Waals surface area contributed by atoms with Crippen LogP contribution in [0.1, 0.15) is 76.3 Å². The number of hydrogen-bond donors (Lipinski definition) is 3. The number of alkyl halides is 2. The number of imidazole rings is 1. The van der Waals surface area contributed by atoms with Gasteiger partial charge in [0.25, 0.3) is 5.56 Å². The fourth-order valence-electron chi connectivity index (χ4n) is 7.12. The largest absolute Gasteiger partial charge is 0.513 e. The Bertz CT molecular complexity index is 2410. The summed E-state index contributed by atoms with van der Waals surface area (Å²) in [4.78, 5) is 61.7. The molecule has 3 aliphatic rings. The van der Waals surface area contributed by atoms with Crippen molar-refractivity contribution in [1.82, 2.24) is 29.1 Å². The van der Waals surface area contributed by atoms with Gasteiger partial charge in [0.2, 0.25) is 0 Å². The molecule has 26 heteroatoms. The van der Waals surface area contributed by atoms with Crippen molar-refractivity contribution >= 4 is 49.1 Å². The summed E-state index contributed by atoms with van der Waals surface area (Å²) < 4.78 is 107. The maximum absolute atomic E-state index is 16.7. The number of nitrogen functional groups attached to an aromatic ring is 1. The molecule has 7 rings (SSSR count). The van der Waals surface area contributed by atoms with Crippen molar-refractivity contribution in [1.29, 1.82) is 0 Å². The summed E-state index contributed by atoms with van der Waals surface area (Å²) in [7, 11) is -5.30. The number of carbonyl (C=O) groups is 1. The van der Waals surface area contributed by atoms with Gasteiger partial charge in [-0.15, -0.1) is 0 Å². The lowest BCUT2D eigenvalue weighted by Crippen LogP contribution is -2.37. The van der Waals surface area contributed by atoms with Crippen LogP contribution in [0.3, 0.4) is 0 Å². The number of anilines is 1. The van der Waals surface area contributed by atoms with Gasteiger partial charge in [0, 0.05) is 18.0 Å². The van der Waals surface area contributed by atoms with Crippen molar-refractivity contribution in [3.8, 4) is 5.75 Å². The number of ether oxygens (including phenoxy) is 4. The van der Waals surface area contributed by atoms with Crippen LogP contribution in [-0.4, -0.2) is 96.7 Å². The molecular weight excluding hydrogens is 898 g/mol.